The zero-order valence-corrected chi connectivity index (χ0v) is 14.9. The quantitative estimate of drug-likeness (QED) is 0.613. The lowest BCUT2D eigenvalue weighted by molar-refractivity contribution is 0.154. The highest BCUT2D eigenvalue weighted by molar-refractivity contribution is 7.99. The molecule has 1 aromatic heterocycles. The van der Waals surface area contributed by atoms with Crippen LogP contribution < -0.4 is 0 Å². The van der Waals surface area contributed by atoms with Gasteiger partial charge in [-0.1, -0.05) is 0 Å². The maximum Gasteiger partial charge on any atom is 0.114 e. The molecule has 1 aromatic rings. The van der Waals surface area contributed by atoms with E-state index < -0.39 is 0 Å². The van der Waals surface area contributed by atoms with Gasteiger partial charge in [-0.3, -0.25) is 0 Å². The molecule has 5 heteroatoms. The number of rotatable bonds is 5. The lowest BCUT2D eigenvalue weighted by Crippen LogP contribution is -2.44. The molecule has 0 spiro atoms. The largest absolute Gasteiger partial charge is 0.304 e. The summed E-state index contributed by atoms with van der Waals surface area (Å²) in [5.41, 5.74) is 3.31. The standard InChI is InChI=1S/C18H26N4S/c1-21-8-10-22(11-9-21)7-4-12-23-18-16(14-19)13-15-5-2-3-6-17(15)20-18/h13H,2-12H2,1H3. The number of pyridine rings is 1. The molecular weight excluding hydrogens is 304 g/mol. The van der Waals surface area contributed by atoms with Crippen LogP contribution >= 0.6 is 11.8 Å². The van der Waals surface area contributed by atoms with Crippen LogP contribution in [0.5, 0.6) is 0 Å². The van der Waals surface area contributed by atoms with Gasteiger partial charge in [-0.15, -0.1) is 11.8 Å². The lowest BCUT2D eigenvalue weighted by Gasteiger charge is -2.32. The number of nitrogens with zero attached hydrogens (tertiary/aromatic N) is 4. The third kappa shape index (κ3) is 4.47. The average molecular weight is 331 g/mol. The molecule has 4 nitrogen and oxygen atoms in total. The number of hydrogen-bond acceptors (Lipinski definition) is 5. The van der Waals surface area contributed by atoms with Gasteiger partial charge in [0.05, 0.1) is 5.56 Å². The molecule has 2 heterocycles. The Morgan fingerprint density at radius 1 is 1.22 bits per heavy atom. The first-order chi connectivity index (χ1) is 11.3. The van der Waals surface area contributed by atoms with Gasteiger partial charge in [-0.25, -0.2) is 4.98 Å². The minimum Gasteiger partial charge on any atom is -0.304 e. The van der Waals surface area contributed by atoms with E-state index >= 15 is 0 Å². The summed E-state index contributed by atoms with van der Waals surface area (Å²) in [5, 5.41) is 10.3. The Morgan fingerprint density at radius 2 is 2.00 bits per heavy atom. The summed E-state index contributed by atoms with van der Waals surface area (Å²) in [7, 11) is 2.19. The van der Waals surface area contributed by atoms with Gasteiger partial charge in [-0.05, 0) is 57.3 Å². The SMILES string of the molecule is CN1CCN(CCCSc2nc3c(cc2C#N)CCCC3)CC1. The molecule has 1 fully saturated rings. The molecule has 0 bridgehead atoms. The van der Waals surface area contributed by atoms with Crippen molar-refractivity contribution in [3.63, 3.8) is 0 Å². The number of aromatic nitrogens is 1. The topological polar surface area (TPSA) is 43.2 Å². The fourth-order valence-corrected chi connectivity index (χ4v) is 4.23. The van der Waals surface area contributed by atoms with Gasteiger partial charge in [0.2, 0.25) is 0 Å². The van der Waals surface area contributed by atoms with Crippen molar-refractivity contribution in [1.82, 2.24) is 14.8 Å². The van der Waals surface area contributed by atoms with Crippen molar-refractivity contribution in [2.75, 3.05) is 45.5 Å². The first-order valence-electron chi connectivity index (χ1n) is 8.73. The second-order valence-electron chi connectivity index (χ2n) is 6.61. The first kappa shape index (κ1) is 16.8. The third-order valence-electron chi connectivity index (χ3n) is 4.84. The number of fused-ring (bicyclic) bond motifs is 1. The molecule has 0 N–H and O–H groups in total. The summed E-state index contributed by atoms with van der Waals surface area (Å²) in [6.07, 6.45) is 5.80. The Bertz CT molecular complexity index is 573. The van der Waals surface area contributed by atoms with Crippen molar-refractivity contribution in [3.05, 3.63) is 22.9 Å². The van der Waals surface area contributed by atoms with Crippen molar-refractivity contribution in [3.8, 4) is 6.07 Å². The lowest BCUT2D eigenvalue weighted by atomic mass is 9.95. The molecule has 2 aliphatic rings. The molecule has 124 valence electrons. The predicted molar refractivity (Wildman–Crippen MR) is 94.9 cm³/mol. The van der Waals surface area contributed by atoms with E-state index in [4.69, 9.17) is 4.98 Å². The summed E-state index contributed by atoms with van der Waals surface area (Å²) in [6, 6.07) is 4.43. The number of aryl methyl sites for hydroxylation is 2. The Kier molecular flexibility index (Phi) is 5.93. The summed E-state index contributed by atoms with van der Waals surface area (Å²) >= 11 is 1.76. The van der Waals surface area contributed by atoms with Crippen LogP contribution in [0.3, 0.4) is 0 Å². The Balaban J connectivity index is 1.51. The van der Waals surface area contributed by atoms with E-state index in [1.54, 1.807) is 11.8 Å². The van der Waals surface area contributed by atoms with Crippen LogP contribution in [0.1, 0.15) is 36.1 Å². The number of hydrogen-bond donors (Lipinski definition) is 0. The summed E-state index contributed by atoms with van der Waals surface area (Å²) < 4.78 is 0. The second kappa shape index (κ2) is 8.14. The molecule has 23 heavy (non-hydrogen) atoms. The molecule has 3 rings (SSSR count). The van der Waals surface area contributed by atoms with E-state index in [1.807, 2.05) is 0 Å². The van der Waals surface area contributed by atoms with Gasteiger partial charge in [0.25, 0.3) is 0 Å². The Labute approximate surface area is 143 Å². The van der Waals surface area contributed by atoms with Crippen molar-refractivity contribution in [2.24, 2.45) is 0 Å². The molecule has 1 aliphatic carbocycles. The molecule has 0 amide bonds. The minimum atomic E-state index is 0.773. The van der Waals surface area contributed by atoms with Crippen LogP contribution in [0.25, 0.3) is 0 Å². The molecule has 0 atom stereocenters. The highest BCUT2D eigenvalue weighted by Crippen LogP contribution is 2.27. The molecule has 0 aromatic carbocycles. The number of piperazine rings is 1. The molecule has 1 saturated heterocycles. The van der Waals surface area contributed by atoms with Crippen LogP contribution in [-0.4, -0.2) is 60.3 Å². The number of nitriles is 1. The maximum absolute atomic E-state index is 9.39. The zero-order chi connectivity index (χ0) is 16.1. The van der Waals surface area contributed by atoms with Crippen LogP contribution in [0.2, 0.25) is 0 Å². The van der Waals surface area contributed by atoms with Crippen molar-refractivity contribution >= 4 is 11.8 Å². The average Bonchev–Trinajstić information content (AvgIpc) is 2.59. The summed E-state index contributed by atoms with van der Waals surface area (Å²) in [5.74, 6) is 1.05. The van der Waals surface area contributed by atoms with E-state index in [0.29, 0.717) is 0 Å². The van der Waals surface area contributed by atoms with E-state index in [0.717, 1.165) is 42.1 Å². The van der Waals surface area contributed by atoms with Gasteiger partial charge in [-0.2, -0.15) is 5.26 Å². The third-order valence-corrected chi connectivity index (χ3v) is 5.92. The fraction of sp³-hybridized carbons (Fsp3) is 0.667. The zero-order valence-electron chi connectivity index (χ0n) is 14.1. The van der Waals surface area contributed by atoms with Gasteiger partial charge in [0, 0.05) is 37.6 Å². The van der Waals surface area contributed by atoms with Crippen LogP contribution in [0.15, 0.2) is 11.1 Å². The molecule has 0 radical (unpaired) electrons. The normalized spacial score (nSPS) is 19.3. The van der Waals surface area contributed by atoms with E-state index in [9.17, 15) is 5.26 Å². The van der Waals surface area contributed by atoms with Gasteiger partial charge >= 0.3 is 0 Å². The Hall–Kier alpha value is -1.09. The smallest absolute Gasteiger partial charge is 0.114 e. The van der Waals surface area contributed by atoms with Crippen LogP contribution in [-0.2, 0) is 12.8 Å². The highest BCUT2D eigenvalue weighted by Gasteiger charge is 2.16. The Morgan fingerprint density at radius 3 is 2.78 bits per heavy atom. The van der Waals surface area contributed by atoms with Gasteiger partial charge in [0.1, 0.15) is 11.1 Å². The molecule has 1 aliphatic heterocycles. The molecule has 0 saturated carbocycles. The van der Waals surface area contributed by atoms with Crippen LogP contribution in [0.4, 0.5) is 0 Å². The second-order valence-corrected chi connectivity index (χ2v) is 7.70. The van der Waals surface area contributed by atoms with E-state index in [2.05, 4.69) is 29.0 Å². The monoisotopic (exact) mass is 330 g/mol. The minimum absolute atomic E-state index is 0.773. The highest BCUT2D eigenvalue weighted by atomic mass is 32.2. The van der Waals surface area contributed by atoms with Crippen molar-refractivity contribution in [1.29, 1.82) is 5.26 Å². The van der Waals surface area contributed by atoms with Crippen LogP contribution in [0, 0.1) is 11.3 Å². The predicted octanol–water partition coefficient (Wildman–Crippen LogP) is 2.56. The summed E-state index contributed by atoms with van der Waals surface area (Å²) in [6.45, 7) is 5.88. The first-order valence-corrected chi connectivity index (χ1v) is 9.71. The number of thioether (sulfide) groups is 1. The molecular formula is C18H26N4S. The van der Waals surface area contributed by atoms with E-state index in [1.165, 1.54) is 50.3 Å². The van der Waals surface area contributed by atoms with Gasteiger partial charge < -0.3 is 9.80 Å². The maximum atomic E-state index is 9.39. The van der Waals surface area contributed by atoms with Crippen molar-refractivity contribution < 1.29 is 0 Å². The fourth-order valence-electron chi connectivity index (χ4n) is 3.33. The van der Waals surface area contributed by atoms with Crippen molar-refractivity contribution in [2.45, 2.75) is 37.1 Å². The summed E-state index contributed by atoms with van der Waals surface area (Å²) in [4.78, 5) is 9.74. The number of likely N-dealkylation sites (N-methyl/N-ethyl adjacent to an activating group) is 1. The van der Waals surface area contributed by atoms with Gasteiger partial charge in [0.15, 0.2) is 0 Å². The molecule has 0 unspecified atom stereocenters. The van der Waals surface area contributed by atoms with E-state index in [-0.39, 0.29) is 0 Å².